The number of hydrogen-bond donors (Lipinski definition) is 2. The number of amides is 2. The topological polar surface area (TPSA) is 58.2 Å². The van der Waals surface area contributed by atoms with Crippen LogP contribution in [0.5, 0.6) is 0 Å². The molecule has 4 heteroatoms. The van der Waals surface area contributed by atoms with Crippen LogP contribution in [0, 0.1) is 0 Å². The van der Waals surface area contributed by atoms with Crippen LogP contribution in [-0.4, -0.2) is 23.9 Å². The lowest BCUT2D eigenvalue weighted by Crippen LogP contribution is -2.34. The summed E-state index contributed by atoms with van der Waals surface area (Å²) in [5.74, 6) is 0.125. The lowest BCUT2D eigenvalue weighted by atomic mass is 10.1. The minimum atomic E-state index is -0.0147. The predicted octanol–water partition coefficient (Wildman–Crippen LogP) is 3.10. The SMILES string of the molecule is C=CC[C@@H](/C=C/C[C@H](CCC)NC(=O)CC)NC(=O)CC. The van der Waals surface area contributed by atoms with E-state index in [0.29, 0.717) is 19.3 Å². The van der Waals surface area contributed by atoms with E-state index in [0.717, 1.165) is 19.3 Å². The second-order valence-corrected chi connectivity index (χ2v) is 5.12. The van der Waals surface area contributed by atoms with Gasteiger partial charge in [-0.05, 0) is 19.3 Å². The summed E-state index contributed by atoms with van der Waals surface area (Å²) in [6, 6.07) is 0.157. The number of carbonyl (C=O) groups is 2. The molecule has 0 aromatic heterocycles. The van der Waals surface area contributed by atoms with Crippen LogP contribution in [0.1, 0.15) is 59.3 Å². The molecule has 2 N–H and O–H groups in total. The van der Waals surface area contributed by atoms with Crippen molar-refractivity contribution in [3.8, 4) is 0 Å². The maximum absolute atomic E-state index is 11.5. The van der Waals surface area contributed by atoms with Gasteiger partial charge in [0.15, 0.2) is 0 Å². The first-order valence-corrected chi connectivity index (χ1v) is 7.93. The summed E-state index contributed by atoms with van der Waals surface area (Å²) < 4.78 is 0. The zero-order valence-corrected chi connectivity index (χ0v) is 13.7. The Labute approximate surface area is 129 Å². The first-order chi connectivity index (χ1) is 10.1. The highest BCUT2D eigenvalue weighted by atomic mass is 16.2. The normalized spacial score (nSPS) is 13.7. The Kier molecular flexibility index (Phi) is 11.3. The van der Waals surface area contributed by atoms with E-state index in [9.17, 15) is 9.59 Å². The van der Waals surface area contributed by atoms with Crippen molar-refractivity contribution >= 4 is 11.8 Å². The molecule has 4 nitrogen and oxygen atoms in total. The summed E-state index contributed by atoms with van der Waals surface area (Å²) in [5, 5.41) is 5.97. The largest absolute Gasteiger partial charge is 0.353 e. The molecule has 0 rings (SSSR count). The molecular formula is C17H30N2O2. The molecule has 0 fully saturated rings. The third-order valence-corrected chi connectivity index (χ3v) is 3.20. The Bertz CT molecular complexity index is 351. The molecule has 0 aromatic rings. The van der Waals surface area contributed by atoms with Gasteiger partial charge in [0.2, 0.25) is 11.8 Å². The van der Waals surface area contributed by atoms with E-state index in [1.54, 1.807) is 6.08 Å². The highest BCUT2D eigenvalue weighted by molar-refractivity contribution is 5.76. The van der Waals surface area contributed by atoms with E-state index < -0.39 is 0 Å². The van der Waals surface area contributed by atoms with E-state index in [4.69, 9.17) is 0 Å². The van der Waals surface area contributed by atoms with Gasteiger partial charge in [0, 0.05) is 18.9 Å². The summed E-state index contributed by atoms with van der Waals surface area (Å²) >= 11 is 0. The van der Waals surface area contributed by atoms with Crippen LogP contribution >= 0.6 is 0 Å². The molecule has 0 bridgehead atoms. The fourth-order valence-corrected chi connectivity index (χ4v) is 2.01. The van der Waals surface area contributed by atoms with Gasteiger partial charge in [0.1, 0.15) is 0 Å². The zero-order chi connectivity index (χ0) is 16.1. The molecule has 0 saturated heterocycles. The molecule has 0 radical (unpaired) electrons. The van der Waals surface area contributed by atoms with Crippen molar-refractivity contribution < 1.29 is 9.59 Å². The first kappa shape index (κ1) is 19.4. The van der Waals surface area contributed by atoms with E-state index in [2.05, 4.69) is 24.1 Å². The number of carbonyl (C=O) groups excluding carboxylic acids is 2. The van der Waals surface area contributed by atoms with Gasteiger partial charge < -0.3 is 10.6 Å². The molecule has 0 aliphatic rings. The van der Waals surface area contributed by atoms with Gasteiger partial charge in [-0.2, -0.15) is 0 Å². The van der Waals surface area contributed by atoms with Crippen molar-refractivity contribution in [1.82, 2.24) is 10.6 Å². The molecule has 0 aromatic carbocycles. The lowest BCUT2D eigenvalue weighted by Gasteiger charge is -2.17. The Balaban J connectivity index is 4.45. The van der Waals surface area contributed by atoms with Crippen LogP contribution < -0.4 is 10.6 Å². The summed E-state index contributed by atoms with van der Waals surface area (Å²) in [7, 11) is 0. The van der Waals surface area contributed by atoms with Crippen molar-refractivity contribution in [2.45, 2.75) is 71.4 Å². The first-order valence-electron chi connectivity index (χ1n) is 7.93. The average Bonchev–Trinajstić information content (AvgIpc) is 2.47. The van der Waals surface area contributed by atoms with Crippen molar-refractivity contribution in [3.63, 3.8) is 0 Å². The molecule has 120 valence electrons. The minimum Gasteiger partial charge on any atom is -0.353 e. The van der Waals surface area contributed by atoms with Gasteiger partial charge in [-0.3, -0.25) is 9.59 Å². The predicted molar refractivity (Wildman–Crippen MR) is 87.9 cm³/mol. The quantitative estimate of drug-likeness (QED) is 0.575. The highest BCUT2D eigenvalue weighted by Crippen LogP contribution is 2.05. The maximum atomic E-state index is 11.5. The molecule has 0 aliphatic heterocycles. The highest BCUT2D eigenvalue weighted by Gasteiger charge is 2.09. The van der Waals surface area contributed by atoms with E-state index in [-0.39, 0.29) is 23.9 Å². The van der Waals surface area contributed by atoms with Gasteiger partial charge in [-0.1, -0.05) is 45.4 Å². The van der Waals surface area contributed by atoms with Crippen LogP contribution in [0.25, 0.3) is 0 Å². The van der Waals surface area contributed by atoms with Crippen molar-refractivity contribution in [1.29, 1.82) is 0 Å². The van der Waals surface area contributed by atoms with Gasteiger partial charge in [0.05, 0.1) is 6.04 Å². The van der Waals surface area contributed by atoms with Crippen LogP contribution in [0.2, 0.25) is 0 Å². The van der Waals surface area contributed by atoms with E-state index in [1.165, 1.54) is 0 Å². The van der Waals surface area contributed by atoms with Gasteiger partial charge in [-0.25, -0.2) is 0 Å². The molecule has 0 saturated carbocycles. The zero-order valence-electron chi connectivity index (χ0n) is 13.7. The monoisotopic (exact) mass is 294 g/mol. The van der Waals surface area contributed by atoms with Crippen LogP contribution in [-0.2, 0) is 9.59 Å². The van der Waals surface area contributed by atoms with Crippen molar-refractivity contribution in [3.05, 3.63) is 24.8 Å². The van der Waals surface area contributed by atoms with Crippen LogP contribution in [0.3, 0.4) is 0 Å². The molecule has 0 unspecified atom stereocenters. The maximum Gasteiger partial charge on any atom is 0.220 e. The Morgan fingerprint density at radius 1 is 1.05 bits per heavy atom. The number of rotatable bonds is 11. The Hall–Kier alpha value is -1.58. The fraction of sp³-hybridized carbons (Fsp3) is 0.647. The molecular weight excluding hydrogens is 264 g/mol. The molecule has 2 amide bonds. The molecule has 0 heterocycles. The summed E-state index contributed by atoms with van der Waals surface area (Å²) in [5.41, 5.74) is 0. The van der Waals surface area contributed by atoms with Gasteiger partial charge >= 0.3 is 0 Å². The van der Waals surface area contributed by atoms with Crippen molar-refractivity contribution in [2.24, 2.45) is 0 Å². The molecule has 0 spiro atoms. The van der Waals surface area contributed by atoms with Crippen molar-refractivity contribution in [2.75, 3.05) is 0 Å². The number of hydrogen-bond acceptors (Lipinski definition) is 2. The van der Waals surface area contributed by atoms with E-state index >= 15 is 0 Å². The smallest absolute Gasteiger partial charge is 0.220 e. The third-order valence-electron chi connectivity index (χ3n) is 3.20. The standard InChI is InChI=1S/C17H30N2O2/c1-5-10-14(18-16(20)7-3)12-9-13-15(11-6-2)19-17(21)8-4/h5,9,12,14-15H,1,6-8,10-11,13H2,2-4H3,(H,18,20)(H,19,21)/b12-9+/t14-,15-/m0/s1. The molecule has 21 heavy (non-hydrogen) atoms. The summed E-state index contributed by atoms with van der Waals surface area (Å²) in [4.78, 5) is 22.9. The second-order valence-electron chi connectivity index (χ2n) is 5.12. The van der Waals surface area contributed by atoms with Crippen LogP contribution in [0.15, 0.2) is 24.8 Å². The molecule has 0 aliphatic carbocycles. The molecule has 2 atom stereocenters. The minimum absolute atomic E-state index is 0.0147. The average molecular weight is 294 g/mol. The third kappa shape index (κ3) is 9.88. The van der Waals surface area contributed by atoms with Crippen LogP contribution in [0.4, 0.5) is 0 Å². The summed E-state index contributed by atoms with van der Waals surface area (Å²) in [6.07, 6.45) is 10.3. The van der Waals surface area contributed by atoms with Gasteiger partial charge in [-0.15, -0.1) is 6.58 Å². The van der Waals surface area contributed by atoms with E-state index in [1.807, 2.05) is 26.0 Å². The summed E-state index contributed by atoms with van der Waals surface area (Å²) in [6.45, 7) is 9.51. The lowest BCUT2D eigenvalue weighted by molar-refractivity contribution is -0.122. The fourth-order valence-electron chi connectivity index (χ4n) is 2.01. The second kappa shape index (κ2) is 12.2. The Morgan fingerprint density at radius 3 is 2.19 bits per heavy atom. The van der Waals surface area contributed by atoms with Gasteiger partial charge in [0.25, 0.3) is 0 Å². The number of nitrogens with one attached hydrogen (secondary N) is 2. The Morgan fingerprint density at radius 2 is 1.67 bits per heavy atom.